The molecule has 1 rings (SSSR count). The molecular weight excluding hydrogens is 255 g/mol. The average Bonchev–Trinajstić information content (AvgIpc) is 2.33. The Kier molecular flexibility index (Phi) is 5.66. The van der Waals surface area contributed by atoms with Crippen molar-refractivity contribution in [3.05, 3.63) is 29.3 Å². The molecule has 1 unspecified atom stereocenters. The van der Waals surface area contributed by atoms with Crippen LogP contribution in [0.4, 0.5) is 13.2 Å². The molecule has 1 aromatic carbocycles. The minimum absolute atomic E-state index is 0.561. The van der Waals surface area contributed by atoms with Gasteiger partial charge in [0.05, 0.1) is 13.5 Å². The molecule has 0 saturated heterocycles. The van der Waals surface area contributed by atoms with Crippen LogP contribution >= 0.6 is 0 Å². The fourth-order valence-electron chi connectivity index (χ4n) is 1.98. The summed E-state index contributed by atoms with van der Waals surface area (Å²) >= 11 is 0. The Morgan fingerprint density at radius 2 is 2.00 bits per heavy atom. The molecule has 1 atom stereocenters. The number of ether oxygens (including phenoxy) is 1. The van der Waals surface area contributed by atoms with Crippen LogP contribution in [0.1, 0.15) is 36.9 Å². The number of methoxy groups -OCH3 is 1. The second-order valence-corrected chi connectivity index (χ2v) is 4.56. The van der Waals surface area contributed by atoms with Crippen molar-refractivity contribution in [2.24, 2.45) is 0 Å². The standard InChI is InChI=1S/C14H20F3NO/c1-4-7-18-12(9-14(15,16)17)11-5-6-13(19-3)10(2)8-11/h5-6,8,12,18H,4,7,9H2,1-3H3. The van der Waals surface area contributed by atoms with Crippen LogP contribution in [-0.2, 0) is 0 Å². The highest BCUT2D eigenvalue weighted by atomic mass is 19.4. The average molecular weight is 275 g/mol. The van der Waals surface area contributed by atoms with Crippen LogP contribution in [-0.4, -0.2) is 19.8 Å². The molecule has 1 N–H and O–H groups in total. The van der Waals surface area contributed by atoms with Crippen molar-refractivity contribution in [3.8, 4) is 5.75 Å². The highest BCUT2D eigenvalue weighted by Crippen LogP contribution is 2.31. The maximum atomic E-state index is 12.6. The van der Waals surface area contributed by atoms with E-state index in [0.717, 1.165) is 12.0 Å². The minimum atomic E-state index is -4.18. The zero-order valence-corrected chi connectivity index (χ0v) is 11.5. The topological polar surface area (TPSA) is 21.3 Å². The number of rotatable bonds is 6. The summed E-state index contributed by atoms with van der Waals surface area (Å²) in [5, 5.41) is 2.95. The Morgan fingerprint density at radius 3 is 2.47 bits per heavy atom. The smallest absolute Gasteiger partial charge is 0.390 e. The maximum absolute atomic E-state index is 12.6. The molecule has 0 aromatic heterocycles. The molecular formula is C14H20F3NO. The van der Waals surface area contributed by atoms with E-state index in [1.165, 1.54) is 0 Å². The number of alkyl halides is 3. The summed E-state index contributed by atoms with van der Waals surface area (Å²) in [5.41, 5.74) is 1.48. The quantitative estimate of drug-likeness (QED) is 0.847. The normalized spacial score (nSPS) is 13.4. The summed E-state index contributed by atoms with van der Waals surface area (Å²) in [6.07, 6.45) is -4.25. The lowest BCUT2D eigenvalue weighted by Crippen LogP contribution is -2.27. The van der Waals surface area contributed by atoms with E-state index in [2.05, 4.69) is 5.32 Å². The number of hydrogen-bond donors (Lipinski definition) is 1. The summed E-state index contributed by atoms with van der Waals surface area (Å²) in [6.45, 7) is 4.32. The van der Waals surface area contributed by atoms with Gasteiger partial charge in [-0.25, -0.2) is 0 Å². The third-order valence-corrected chi connectivity index (χ3v) is 2.90. The fraction of sp³-hybridized carbons (Fsp3) is 0.571. The predicted molar refractivity (Wildman–Crippen MR) is 69.4 cm³/mol. The monoisotopic (exact) mass is 275 g/mol. The van der Waals surface area contributed by atoms with Crippen LogP contribution < -0.4 is 10.1 Å². The maximum Gasteiger partial charge on any atom is 0.390 e. The number of benzene rings is 1. The SMILES string of the molecule is CCCNC(CC(F)(F)F)c1ccc(OC)c(C)c1. The fourth-order valence-corrected chi connectivity index (χ4v) is 1.98. The molecule has 0 aliphatic carbocycles. The Hall–Kier alpha value is -1.23. The van der Waals surface area contributed by atoms with Gasteiger partial charge in [0.15, 0.2) is 0 Å². The van der Waals surface area contributed by atoms with Crippen molar-refractivity contribution in [1.82, 2.24) is 5.32 Å². The van der Waals surface area contributed by atoms with Gasteiger partial charge in [0, 0.05) is 6.04 Å². The van der Waals surface area contributed by atoms with Crippen molar-refractivity contribution in [1.29, 1.82) is 0 Å². The first kappa shape index (κ1) is 15.8. The third kappa shape index (κ3) is 5.11. The molecule has 0 heterocycles. The van der Waals surface area contributed by atoms with Crippen LogP contribution in [0.2, 0.25) is 0 Å². The first-order valence-electron chi connectivity index (χ1n) is 6.32. The summed E-state index contributed by atoms with van der Waals surface area (Å²) in [7, 11) is 1.55. The second-order valence-electron chi connectivity index (χ2n) is 4.56. The number of aryl methyl sites for hydroxylation is 1. The van der Waals surface area contributed by atoms with Crippen molar-refractivity contribution >= 4 is 0 Å². The summed E-state index contributed by atoms with van der Waals surface area (Å²) in [6, 6.07) is 4.44. The molecule has 0 saturated carbocycles. The largest absolute Gasteiger partial charge is 0.496 e. The van der Waals surface area contributed by atoms with Gasteiger partial charge < -0.3 is 10.1 Å². The van der Waals surface area contributed by atoms with E-state index in [1.54, 1.807) is 25.3 Å². The molecule has 0 fully saturated rings. The van der Waals surface area contributed by atoms with Crippen LogP contribution in [0.3, 0.4) is 0 Å². The van der Waals surface area contributed by atoms with Crippen molar-refractivity contribution < 1.29 is 17.9 Å². The molecule has 0 amide bonds. The van der Waals surface area contributed by atoms with Gasteiger partial charge >= 0.3 is 6.18 Å². The zero-order chi connectivity index (χ0) is 14.5. The number of halogens is 3. The van der Waals surface area contributed by atoms with E-state index in [1.807, 2.05) is 13.8 Å². The molecule has 1 aromatic rings. The van der Waals surface area contributed by atoms with Gasteiger partial charge in [-0.05, 0) is 37.1 Å². The van der Waals surface area contributed by atoms with Gasteiger partial charge in [0.1, 0.15) is 5.75 Å². The lowest BCUT2D eigenvalue weighted by atomic mass is 10.0. The number of hydrogen-bond acceptors (Lipinski definition) is 2. The van der Waals surface area contributed by atoms with E-state index in [4.69, 9.17) is 4.74 Å². The Bertz CT molecular complexity index is 404. The lowest BCUT2D eigenvalue weighted by molar-refractivity contribution is -0.140. The first-order valence-corrected chi connectivity index (χ1v) is 6.32. The molecule has 0 spiro atoms. The van der Waals surface area contributed by atoms with Crippen molar-refractivity contribution in [3.63, 3.8) is 0 Å². The summed E-state index contributed by atoms with van der Waals surface area (Å²) in [4.78, 5) is 0. The summed E-state index contributed by atoms with van der Waals surface area (Å²) in [5.74, 6) is 0.685. The van der Waals surface area contributed by atoms with E-state index >= 15 is 0 Å². The molecule has 2 nitrogen and oxygen atoms in total. The third-order valence-electron chi connectivity index (χ3n) is 2.90. The van der Waals surface area contributed by atoms with E-state index in [0.29, 0.717) is 17.9 Å². The van der Waals surface area contributed by atoms with E-state index in [9.17, 15) is 13.2 Å². The highest BCUT2D eigenvalue weighted by Gasteiger charge is 2.32. The van der Waals surface area contributed by atoms with Crippen LogP contribution in [0, 0.1) is 6.92 Å². The van der Waals surface area contributed by atoms with E-state index < -0.39 is 18.6 Å². The lowest BCUT2D eigenvalue weighted by Gasteiger charge is -2.21. The van der Waals surface area contributed by atoms with Gasteiger partial charge in [-0.15, -0.1) is 0 Å². The highest BCUT2D eigenvalue weighted by molar-refractivity contribution is 5.37. The molecule has 0 bridgehead atoms. The number of nitrogens with one attached hydrogen (secondary N) is 1. The molecule has 0 aliphatic rings. The van der Waals surface area contributed by atoms with Crippen molar-refractivity contribution in [2.45, 2.75) is 38.9 Å². The summed E-state index contributed by atoms with van der Waals surface area (Å²) < 4.78 is 42.9. The Balaban J connectivity index is 2.93. The van der Waals surface area contributed by atoms with Gasteiger partial charge in [-0.3, -0.25) is 0 Å². The van der Waals surface area contributed by atoms with Gasteiger partial charge in [0.2, 0.25) is 0 Å². The molecule has 0 aliphatic heterocycles. The predicted octanol–water partition coefficient (Wildman–Crippen LogP) is 4.00. The van der Waals surface area contributed by atoms with Gasteiger partial charge in [0.25, 0.3) is 0 Å². The van der Waals surface area contributed by atoms with Crippen LogP contribution in [0.5, 0.6) is 5.75 Å². The van der Waals surface area contributed by atoms with Crippen molar-refractivity contribution in [2.75, 3.05) is 13.7 Å². The van der Waals surface area contributed by atoms with Gasteiger partial charge in [-0.2, -0.15) is 13.2 Å². The second kappa shape index (κ2) is 6.80. The molecule has 108 valence electrons. The molecule has 5 heteroatoms. The Labute approximate surface area is 112 Å². The zero-order valence-electron chi connectivity index (χ0n) is 11.5. The molecule has 0 radical (unpaired) electrons. The Morgan fingerprint density at radius 1 is 1.32 bits per heavy atom. The van der Waals surface area contributed by atoms with Crippen LogP contribution in [0.25, 0.3) is 0 Å². The van der Waals surface area contributed by atoms with Gasteiger partial charge in [-0.1, -0.05) is 19.1 Å². The molecule has 19 heavy (non-hydrogen) atoms. The van der Waals surface area contributed by atoms with E-state index in [-0.39, 0.29) is 0 Å². The first-order chi connectivity index (χ1) is 8.87. The minimum Gasteiger partial charge on any atom is -0.496 e. The van der Waals surface area contributed by atoms with Crippen LogP contribution in [0.15, 0.2) is 18.2 Å².